The van der Waals surface area contributed by atoms with Gasteiger partial charge >= 0.3 is 0 Å². The van der Waals surface area contributed by atoms with Gasteiger partial charge in [0.05, 0.1) is 36.2 Å². The summed E-state index contributed by atoms with van der Waals surface area (Å²) < 4.78 is 0. The van der Waals surface area contributed by atoms with Gasteiger partial charge in [0, 0.05) is 0 Å². The van der Waals surface area contributed by atoms with Crippen molar-refractivity contribution in [1.29, 1.82) is 0 Å². The van der Waals surface area contributed by atoms with E-state index < -0.39 is 0 Å². The number of hydrogen-bond acceptors (Lipinski definition) is 9. The number of aromatic nitrogens is 9. The molecule has 0 fully saturated rings. The van der Waals surface area contributed by atoms with Crippen LogP contribution in [0.1, 0.15) is 17.0 Å². The van der Waals surface area contributed by atoms with Crippen molar-refractivity contribution in [1.82, 2.24) is 46.0 Å². The third kappa shape index (κ3) is 8.70. The maximum Gasteiger partial charge on any atom is 0.138 e. The molecule has 0 aliphatic rings. The average Bonchev–Trinajstić information content (AvgIpc) is 2.51. The minimum atomic E-state index is 0.898. The number of hydrogen-bond donors (Lipinski definition) is 0. The molecule has 0 aliphatic carbocycles. The molecule has 0 atom stereocenters. The molecular formula is C12H15N9. The molecule has 21 heavy (non-hydrogen) atoms. The third-order valence-corrected chi connectivity index (χ3v) is 1.89. The summed E-state index contributed by atoms with van der Waals surface area (Å²) in [5.41, 5.74) is 2.83. The summed E-state index contributed by atoms with van der Waals surface area (Å²) in [5.74, 6) is 0. The summed E-state index contributed by atoms with van der Waals surface area (Å²) in [6, 6.07) is 1.80. The Morgan fingerprint density at radius 2 is 1.48 bits per heavy atom. The fourth-order valence-corrected chi connectivity index (χ4v) is 0.895. The highest BCUT2D eigenvalue weighted by Gasteiger charge is 1.77. The molecule has 0 aliphatic heterocycles. The maximum atomic E-state index is 3.81. The molecule has 0 saturated carbocycles. The van der Waals surface area contributed by atoms with Gasteiger partial charge in [0.15, 0.2) is 0 Å². The monoisotopic (exact) mass is 285 g/mol. The smallest absolute Gasteiger partial charge is 0.138 e. The summed E-state index contributed by atoms with van der Waals surface area (Å²) in [6.45, 7) is 5.66. The molecule has 0 N–H and O–H groups in total. The quantitative estimate of drug-likeness (QED) is 0.583. The Hall–Kier alpha value is -2.97. The van der Waals surface area contributed by atoms with Gasteiger partial charge < -0.3 is 0 Å². The standard InChI is InChI=1S/3C4H5N3/c1-4-2-6-7-3-5-4;1-4-2-5-7-6-3-4;1-4-2-3-5-7-6-4/h3*2-3H,1H3. The van der Waals surface area contributed by atoms with Crippen LogP contribution in [0, 0.1) is 20.8 Å². The lowest BCUT2D eigenvalue weighted by Crippen LogP contribution is -1.85. The highest BCUT2D eigenvalue weighted by atomic mass is 15.3. The lowest BCUT2D eigenvalue weighted by atomic mass is 10.4. The van der Waals surface area contributed by atoms with Crippen molar-refractivity contribution < 1.29 is 0 Å². The molecule has 9 nitrogen and oxygen atoms in total. The maximum absolute atomic E-state index is 3.81. The molecule has 0 bridgehead atoms. The Morgan fingerprint density at radius 3 is 1.76 bits per heavy atom. The van der Waals surface area contributed by atoms with Crippen molar-refractivity contribution in [3.63, 3.8) is 0 Å². The molecule has 0 saturated heterocycles. The Kier molecular flexibility index (Phi) is 7.58. The topological polar surface area (TPSA) is 116 Å². The van der Waals surface area contributed by atoms with Gasteiger partial charge in [0.25, 0.3) is 0 Å². The van der Waals surface area contributed by atoms with Crippen molar-refractivity contribution in [2.75, 3.05) is 0 Å². The lowest BCUT2D eigenvalue weighted by molar-refractivity contribution is 0.839. The summed E-state index contributed by atoms with van der Waals surface area (Å²) in [6.07, 6.45) is 7.97. The van der Waals surface area contributed by atoms with Crippen LogP contribution in [0.4, 0.5) is 0 Å². The van der Waals surface area contributed by atoms with E-state index in [-0.39, 0.29) is 0 Å². The highest BCUT2D eigenvalue weighted by molar-refractivity contribution is 4.94. The first kappa shape index (κ1) is 16.1. The van der Waals surface area contributed by atoms with Gasteiger partial charge in [-0.05, 0) is 42.8 Å². The van der Waals surface area contributed by atoms with Crippen LogP contribution in [0.2, 0.25) is 0 Å². The van der Waals surface area contributed by atoms with E-state index in [0.29, 0.717) is 0 Å². The van der Waals surface area contributed by atoms with Gasteiger partial charge in [-0.3, -0.25) is 0 Å². The van der Waals surface area contributed by atoms with Crippen LogP contribution in [0.15, 0.2) is 37.2 Å². The molecule has 3 aromatic rings. The van der Waals surface area contributed by atoms with Crippen LogP contribution in [-0.4, -0.2) is 46.0 Å². The van der Waals surface area contributed by atoms with Crippen molar-refractivity contribution >= 4 is 0 Å². The van der Waals surface area contributed by atoms with Crippen LogP contribution in [-0.2, 0) is 0 Å². The normalized spacial score (nSPS) is 8.71. The summed E-state index contributed by atoms with van der Waals surface area (Å²) in [4.78, 5) is 3.81. The Balaban J connectivity index is 0.000000157. The third-order valence-electron chi connectivity index (χ3n) is 1.89. The van der Waals surface area contributed by atoms with Crippen LogP contribution in [0.25, 0.3) is 0 Å². The van der Waals surface area contributed by atoms with Gasteiger partial charge in [0.2, 0.25) is 0 Å². The number of aryl methyl sites for hydroxylation is 3. The van der Waals surface area contributed by atoms with E-state index in [9.17, 15) is 0 Å². The van der Waals surface area contributed by atoms with Crippen molar-refractivity contribution in [3.8, 4) is 0 Å². The van der Waals surface area contributed by atoms with E-state index in [0.717, 1.165) is 17.0 Å². The fraction of sp³-hybridized carbons (Fsp3) is 0.250. The zero-order valence-corrected chi connectivity index (χ0v) is 12.0. The fourth-order valence-electron chi connectivity index (χ4n) is 0.895. The number of nitrogens with zero attached hydrogens (tertiary/aromatic N) is 9. The zero-order chi connectivity index (χ0) is 15.3. The summed E-state index contributed by atoms with van der Waals surface area (Å²) >= 11 is 0. The van der Waals surface area contributed by atoms with Gasteiger partial charge in [0.1, 0.15) is 6.33 Å². The van der Waals surface area contributed by atoms with Crippen LogP contribution >= 0.6 is 0 Å². The molecule has 0 spiro atoms. The largest absolute Gasteiger partial charge is 0.238 e. The SMILES string of the molecule is Cc1ccnnn1.Cc1cnncn1.Cc1cnnnc1. The van der Waals surface area contributed by atoms with E-state index >= 15 is 0 Å². The Bertz CT molecular complexity index is 500. The molecule has 3 heterocycles. The van der Waals surface area contributed by atoms with Crippen LogP contribution in [0.5, 0.6) is 0 Å². The molecule has 0 radical (unpaired) electrons. The lowest BCUT2D eigenvalue weighted by Gasteiger charge is -1.80. The van der Waals surface area contributed by atoms with Crippen LogP contribution < -0.4 is 0 Å². The molecule has 9 heteroatoms. The minimum absolute atomic E-state index is 0.898. The second-order valence-corrected chi connectivity index (χ2v) is 3.83. The van der Waals surface area contributed by atoms with Gasteiger partial charge in [-0.15, -0.1) is 25.5 Å². The molecule has 0 unspecified atom stereocenters. The van der Waals surface area contributed by atoms with Gasteiger partial charge in [-0.1, -0.05) is 0 Å². The highest BCUT2D eigenvalue weighted by Crippen LogP contribution is 1.82. The minimum Gasteiger partial charge on any atom is -0.238 e. The second-order valence-electron chi connectivity index (χ2n) is 3.83. The zero-order valence-electron chi connectivity index (χ0n) is 12.0. The van der Waals surface area contributed by atoms with Crippen LogP contribution in [0.3, 0.4) is 0 Å². The molecule has 0 amide bonds. The van der Waals surface area contributed by atoms with E-state index in [2.05, 4.69) is 46.0 Å². The van der Waals surface area contributed by atoms with Crippen molar-refractivity contribution in [2.24, 2.45) is 0 Å². The van der Waals surface area contributed by atoms with E-state index in [4.69, 9.17) is 0 Å². The Labute approximate surface area is 121 Å². The first-order valence-corrected chi connectivity index (χ1v) is 5.98. The van der Waals surface area contributed by atoms with Crippen molar-refractivity contribution in [3.05, 3.63) is 54.1 Å². The molecular weight excluding hydrogens is 270 g/mol. The number of rotatable bonds is 0. The predicted molar refractivity (Wildman–Crippen MR) is 73.7 cm³/mol. The van der Waals surface area contributed by atoms with Gasteiger partial charge in [-0.2, -0.15) is 5.10 Å². The second kappa shape index (κ2) is 9.89. The predicted octanol–water partition coefficient (Wildman–Crippen LogP) is 0.540. The summed E-state index contributed by atoms with van der Waals surface area (Å²) in [7, 11) is 0. The first-order chi connectivity index (χ1) is 10.2. The molecule has 0 aromatic carbocycles. The summed E-state index contributed by atoms with van der Waals surface area (Å²) in [5, 5.41) is 27.9. The first-order valence-electron chi connectivity index (χ1n) is 5.98. The van der Waals surface area contributed by atoms with Crippen molar-refractivity contribution in [2.45, 2.75) is 20.8 Å². The molecule has 3 rings (SSSR count). The Morgan fingerprint density at radius 1 is 0.714 bits per heavy atom. The van der Waals surface area contributed by atoms with E-state index in [1.807, 2.05) is 20.8 Å². The molecule has 3 aromatic heterocycles. The van der Waals surface area contributed by atoms with E-state index in [1.54, 1.807) is 30.9 Å². The van der Waals surface area contributed by atoms with Gasteiger partial charge in [-0.25, -0.2) is 4.98 Å². The average molecular weight is 285 g/mol. The van der Waals surface area contributed by atoms with E-state index in [1.165, 1.54) is 6.33 Å². The molecule has 108 valence electrons.